The molecule has 0 amide bonds. The third kappa shape index (κ3) is 4.20. The van der Waals surface area contributed by atoms with Crippen molar-refractivity contribution >= 4 is 11.8 Å². The zero-order valence-corrected chi connectivity index (χ0v) is 11.2. The maximum atomic E-state index is 6.13. The van der Waals surface area contributed by atoms with Gasteiger partial charge < -0.3 is 15.1 Å². The molecule has 0 aliphatic heterocycles. The first-order chi connectivity index (χ1) is 7.65. The fourth-order valence-electron chi connectivity index (χ4n) is 1.45. The molecule has 0 saturated carbocycles. The molecule has 0 radical (unpaired) electrons. The Labute approximate surface area is 102 Å². The van der Waals surface area contributed by atoms with Crippen LogP contribution in [0.2, 0.25) is 0 Å². The van der Waals surface area contributed by atoms with Gasteiger partial charge in [-0.25, -0.2) is 0 Å². The number of hydrogen-bond donors (Lipinski definition) is 1. The minimum Gasteiger partial charge on any atom is -0.468 e. The van der Waals surface area contributed by atoms with Crippen molar-refractivity contribution in [1.29, 1.82) is 0 Å². The van der Waals surface area contributed by atoms with Crippen LogP contribution in [-0.2, 0) is 0 Å². The molecule has 4 heteroatoms. The molecular formula is C12H22N2OS. The van der Waals surface area contributed by atoms with E-state index < -0.39 is 0 Å². The molecule has 16 heavy (non-hydrogen) atoms. The van der Waals surface area contributed by atoms with Crippen molar-refractivity contribution < 1.29 is 4.42 Å². The van der Waals surface area contributed by atoms with Crippen LogP contribution in [0.3, 0.4) is 0 Å². The zero-order chi connectivity index (χ0) is 12.0. The monoisotopic (exact) mass is 242 g/mol. The summed E-state index contributed by atoms with van der Waals surface area (Å²) in [6.45, 7) is 3.19. The molecule has 0 aliphatic carbocycles. The smallest absolute Gasteiger partial charge is 0.118 e. The SMILES string of the molecule is CCC(N)C(SCCN(C)C)c1ccco1. The molecule has 2 unspecified atom stereocenters. The highest BCUT2D eigenvalue weighted by atomic mass is 32.2. The number of nitrogens with zero attached hydrogens (tertiary/aromatic N) is 1. The largest absolute Gasteiger partial charge is 0.468 e. The molecule has 1 aromatic heterocycles. The summed E-state index contributed by atoms with van der Waals surface area (Å²) in [6.07, 6.45) is 2.69. The van der Waals surface area contributed by atoms with Crippen molar-refractivity contribution in [1.82, 2.24) is 4.90 Å². The minimum absolute atomic E-state index is 0.165. The van der Waals surface area contributed by atoms with Gasteiger partial charge in [0.25, 0.3) is 0 Å². The first-order valence-corrected chi connectivity index (χ1v) is 6.75. The molecule has 0 fully saturated rings. The number of nitrogens with two attached hydrogens (primary N) is 1. The summed E-state index contributed by atoms with van der Waals surface area (Å²) in [4.78, 5) is 2.18. The lowest BCUT2D eigenvalue weighted by molar-refractivity contribution is 0.435. The van der Waals surface area contributed by atoms with Crippen LogP contribution >= 0.6 is 11.8 Å². The molecule has 2 atom stereocenters. The summed E-state index contributed by atoms with van der Waals surface area (Å²) in [5.41, 5.74) is 6.13. The predicted molar refractivity (Wildman–Crippen MR) is 70.7 cm³/mol. The van der Waals surface area contributed by atoms with Crippen LogP contribution in [0.4, 0.5) is 0 Å². The summed E-state index contributed by atoms with van der Waals surface area (Å²) in [7, 11) is 4.17. The van der Waals surface area contributed by atoms with Crippen LogP contribution < -0.4 is 5.73 Å². The third-order valence-electron chi connectivity index (χ3n) is 2.52. The van der Waals surface area contributed by atoms with Gasteiger partial charge in [-0.2, -0.15) is 0 Å². The van der Waals surface area contributed by atoms with E-state index in [0.717, 1.165) is 24.5 Å². The second kappa shape index (κ2) is 6.99. The van der Waals surface area contributed by atoms with E-state index in [9.17, 15) is 0 Å². The quantitative estimate of drug-likeness (QED) is 0.797. The van der Waals surface area contributed by atoms with E-state index in [1.807, 2.05) is 23.9 Å². The standard InChI is InChI=1S/C12H22N2OS/c1-4-10(13)12(11-6-5-8-15-11)16-9-7-14(2)3/h5-6,8,10,12H,4,7,9,13H2,1-3H3. The lowest BCUT2D eigenvalue weighted by Crippen LogP contribution is -2.26. The summed E-state index contributed by atoms with van der Waals surface area (Å²) in [5, 5.41) is 0.278. The molecule has 1 aromatic rings. The van der Waals surface area contributed by atoms with E-state index in [-0.39, 0.29) is 11.3 Å². The van der Waals surface area contributed by atoms with E-state index in [1.54, 1.807) is 6.26 Å². The molecule has 1 heterocycles. The summed E-state index contributed by atoms with van der Waals surface area (Å²) >= 11 is 1.88. The summed E-state index contributed by atoms with van der Waals surface area (Å²) in [6, 6.07) is 4.11. The Hall–Kier alpha value is -0.450. The van der Waals surface area contributed by atoms with Gasteiger partial charge in [-0.05, 0) is 32.6 Å². The van der Waals surface area contributed by atoms with E-state index in [2.05, 4.69) is 25.9 Å². The van der Waals surface area contributed by atoms with E-state index in [4.69, 9.17) is 10.2 Å². The lowest BCUT2D eigenvalue weighted by Gasteiger charge is -2.21. The third-order valence-corrected chi connectivity index (χ3v) is 3.88. The fourth-order valence-corrected chi connectivity index (χ4v) is 2.91. The molecule has 3 nitrogen and oxygen atoms in total. The lowest BCUT2D eigenvalue weighted by atomic mass is 10.1. The van der Waals surface area contributed by atoms with Gasteiger partial charge in [-0.3, -0.25) is 0 Å². The Bertz CT molecular complexity index is 275. The maximum Gasteiger partial charge on any atom is 0.118 e. The molecule has 0 spiro atoms. The van der Waals surface area contributed by atoms with Crippen LogP contribution in [0.25, 0.3) is 0 Å². The highest BCUT2D eigenvalue weighted by molar-refractivity contribution is 7.99. The van der Waals surface area contributed by atoms with Crippen molar-refractivity contribution in [2.45, 2.75) is 24.6 Å². The van der Waals surface area contributed by atoms with Gasteiger partial charge in [-0.15, -0.1) is 11.8 Å². The highest BCUT2D eigenvalue weighted by Gasteiger charge is 2.21. The second-order valence-corrected chi connectivity index (χ2v) is 5.43. The van der Waals surface area contributed by atoms with Gasteiger partial charge in [0.05, 0.1) is 11.5 Å². The van der Waals surface area contributed by atoms with Crippen molar-refractivity contribution in [3.05, 3.63) is 24.2 Å². The first-order valence-electron chi connectivity index (χ1n) is 5.70. The number of thioether (sulfide) groups is 1. The normalized spacial score (nSPS) is 15.3. The van der Waals surface area contributed by atoms with Crippen LogP contribution in [0.15, 0.2) is 22.8 Å². The fraction of sp³-hybridized carbons (Fsp3) is 0.667. The Morgan fingerprint density at radius 3 is 2.75 bits per heavy atom. The van der Waals surface area contributed by atoms with Gasteiger partial charge in [0.15, 0.2) is 0 Å². The summed E-state index contributed by atoms with van der Waals surface area (Å²) in [5.74, 6) is 2.07. The maximum absolute atomic E-state index is 6.13. The molecule has 0 aliphatic rings. The van der Waals surface area contributed by atoms with Crippen molar-refractivity contribution in [2.24, 2.45) is 5.73 Å². The van der Waals surface area contributed by atoms with E-state index >= 15 is 0 Å². The average molecular weight is 242 g/mol. The van der Waals surface area contributed by atoms with Crippen molar-refractivity contribution in [3.63, 3.8) is 0 Å². The molecule has 0 saturated heterocycles. The van der Waals surface area contributed by atoms with Gasteiger partial charge in [0.1, 0.15) is 5.76 Å². The minimum atomic E-state index is 0.165. The molecule has 0 aromatic carbocycles. The van der Waals surface area contributed by atoms with Crippen LogP contribution in [0.5, 0.6) is 0 Å². The van der Waals surface area contributed by atoms with Crippen molar-refractivity contribution in [2.75, 3.05) is 26.4 Å². The Balaban J connectivity index is 2.52. The van der Waals surface area contributed by atoms with E-state index in [0.29, 0.717) is 0 Å². The number of furan rings is 1. The first kappa shape index (κ1) is 13.6. The van der Waals surface area contributed by atoms with E-state index in [1.165, 1.54) is 0 Å². The van der Waals surface area contributed by atoms with Crippen LogP contribution in [0.1, 0.15) is 24.4 Å². The molecule has 0 bridgehead atoms. The number of hydrogen-bond acceptors (Lipinski definition) is 4. The second-order valence-electron chi connectivity index (χ2n) is 4.18. The Kier molecular flexibility index (Phi) is 5.95. The van der Waals surface area contributed by atoms with Gasteiger partial charge in [-0.1, -0.05) is 6.92 Å². The molecule has 2 N–H and O–H groups in total. The number of rotatable bonds is 7. The highest BCUT2D eigenvalue weighted by Crippen LogP contribution is 2.32. The predicted octanol–water partition coefficient (Wildman–Crippen LogP) is 2.35. The van der Waals surface area contributed by atoms with Crippen LogP contribution in [-0.4, -0.2) is 37.3 Å². The summed E-state index contributed by atoms with van der Waals surface area (Å²) < 4.78 is 5.46. The van der Waals surface area contributed by atoms with Crippen LogP contribution in [0, 0.1) is 0 Å². The topological polar surface area (TPSA) is 42.4 Å². The van der Waals surface area contributed by atoms with Crippen molar-refractivity contribution in [3.8, 4) is 0 Å². The van der Waals surface area contributed by atoms with Gasteiger partial charge in [0, 0.05) is 18.3 Å². The Morgan fingerprint density at radius 1 is 1.50 bits per heavy atom. The Morgan fingerprint density at radius 2 is 2.25 bits per heavy atom. The molecular weight excluding hydrogens is 220 g/mol. The average Bonchev–Trinajstić information content (AvgIpc) is 2.76. The molecule has 1 rings (SSSR count). The van der Waals surface area contributed by atoms with Gasteiger partial charge >= 0.3 is 0 Å². The van der Waals surface area contributed by atoms with Gasteiger partial charge in [0.2, 0.25) is 0 Å². The molecule has 92 valence electrons. The zero-order valence-electron chi connectivity index (χ0n) is 10.3.